The smallest absolute Gasteiger partial charge is 0.259 e. The van der Waals surface area contributed by atoms with Crippen LogP contribution in [-0.2, 0) is 0 Å². The Hall–Kier alpha value is -4.56. The van der Waals surface area contributed by atoms with Crippen LogP contribution in [-0.4, -0.2) is 20.9 Å². The predicted molar refractivity (Wildman–Crippen MR) is 139 cm³/mol. The lowest BCUT2D eigenvalue weighted by molar-refractivity contribution is 0.102. The van der Waals surface area contributed by atoms with Crippen molar-refractivity contribution in [3.05, 3.63) is 108 Å². The van der Waals surface area contributed by atoms with E-state index >= 15 is 0 Å². The first-order chi connectivity index (χ1) is 17.1. The van der Waals surface area contributed by atoms with Crippen molar-refractivity contribution in [3.63, 3.8) is 0 Å². The summed E-state index contributed by atoms with van der Waals surface area (Å²) >= 11 is 1.47. The van der Waals surface area contributed by atoms with Crippen LogP contribution in [0.25, 0.3) is 11.3 Å². The molecule has 35 heavy (non-hydrogen) atoms. The molecule has 0 unspecified atom stereocenters. The second-order valence-electron chi connectivity index (χ2n) is 7.62. The Labute approximate surface area is 206 Å². The molecule has 7 nitrogen and oxygen atoms in total. The van der Waals surface area contributed by atoms with Gasteiger partial charge in [0.25, 0.3) is 5.91 Å². The van der Waals surface area contributed by atoms with E-state index in [0.29, 0.717) is 33.8 Å². The van der Waals surface area contributed by atoms with Gasteiger partial charge in [0.15, 0.2) is 5.13 Å². The highest BCUT2D eigenvalue weighted by Gasteiger charge is 2.13. The molecule has 0 saturated heterocycles. The summed E-state index contributed by atoms with van der Waals surface area (Å²) in [6.07, 6.45) is 1.51. The number of nitrogens with one attached hydrogen (secondary N) is 2. The number of hydrogen-bond acceptors (Lipinski definition) is 7. The zero-order valence-electron chi connectivity index (χ0n) is 18.8. The number of hydrogen-bond donors (Lipinski definition) is 2. The Morgan fingerprint density at radius 3 is 2.26 bits per heavy atom. The van der Waals surface area contributed by atoms with Crippen LogP contribution in [0.5, 0.6) is 11.5 Å². The third kappa shape index (κ3) is 5.51. The summed E-state index contributed by atoms with van der Waals surface area (Å²) < 4.78 is 5.79. The molecular weight excluding hydrogens is 458 g/mol. The van der Waals surface area contributed by atoms with Crippen LogP contribution in [0.3, 0.4) is 0 Å². The van der Waals surface area contributed by atoms with Crippen molar-refractivity contribution in [1.29, 1.82) is 0 Å². The number of para-hydroxylation sites is 1. The second kappa shape index (κ2) is 10.1. The fraction of sp³-hybridized carbons (Fsp3) is 0.0370. The number of carbonyl (C=O) groups excluding carboxylic acids is 1. The van der Waals surface area contributed by atoms with Crippen LogP contribution in [0.1, 0.15) is 16.1 Å². The normalized spacial score (nSPS) is 10.5. The van der Waals surface area contributed by atoms with E-state index in [1.807, 2.05) is 66.0 Å². The van der Waals surface area contributed by atoms with E-state index in [1.165, 1.54) is 17.5 Å². The van der Waals surface area contributed by atoms with E-state index in [-0.39, 0.29) is 5.91 Å². The van der Waals surface area contributed by atoms with Crippen molar-refractivity contribution in [3.8, 4) is 22.8 Å². The highest BCUT2D eigenvalue weighted by atomic mass is 32.1. The maximum absolute atomic E-state index is 12.8. The minimum atomic E-state index is -0.286. The lowest BCUT2D eigenvalue weighted by Gasteiger charge is -2.10. The maximum atomic E-state index is 12.8. The van der Waals surface area contributed by atoms with Crippen LogP contribution in [0, 0.1) is 6.92 Å². The molecule has 2 heterocycles. The molecule has 0 aliphatic carbocycles. The van der Waals surface area contributed by atoms with Crippen LogP contribution >= 0.6 is 11.3 Å². The molecule has 2 aromatic heterocycles. The summed E-state index contributed by atoms with van der Waals surface area (Å²) in [6, 6.07) is 26.6. The van der Waals surface area contributed by atoms with Crippen LogP contribution in [0.15, 0.2) is 96.5 Å². The molecule has 2 N–H and O–H groups in total. The van der Waals surface area contributed by atoms with E-state index in [2.05, 4.69) is 25.6 Å². The molecule has 8 heteroatoms. The number of anilines is 3. The van der Waals surface area contributed by atoms with Gasteiger partial charge in [-0.25, -0.2) is 15.0 Å². The molecule has 0 saturated carbocycles. The average molecular weight is 480 g/mol. The SMILES string of the molecule is Cc1nc(Nc2nc(-c3ccccc3)cs2)ncc1C(=O)Nc1ccc(Oc2ccccc2)cc1. The average Bonchev–Trinajstić information content (AvgIpc) is 3.35. The first kappa shape index (κ1) is 22.2. The molecule has 0 spiro atoms. The second-order valence-corrected chi connectivity index (χ2v) is 8.47. The van der Waals surface area contributed by atoms with Gasteiger partial charge in [0.05, 0.1) is 17.0 Å². The van der Waals surface area contributed by atoms with Crippen molar-refractivity contribution >= 4 is 34.0 Å². The van der Waals surface area contributed by atoms with Crippen molar-refractivity contribution in [1.82, 2.24) is 15.0 Å². The highest BCUT2D eigenvalue weighted by Crippen LogP contribution is 2.26. The van der Waals surface area contributed by atoms with Gasteiger partial charge in [0.2, 0.25) is 5.95 Å². The first-order valence-corrected chi connectivity index (χ1v) is 11.8. The third-order valence-electron chi connectivity index (χ3n) is 5.11. The fourth-order valence-electron chi connectivity index (χ4n) is 3.35. The van der Waals surface area contributed by atoms with Crippen LogP contribution < -0.4 is 15.4 Å². The fourth-order valence-corrected chi connectivity index (χ4v) is 4.06. The zero-order valence-corrected chi connectivity index (χ0v) is 19.6. The van der Waals surface area contributed by atoms with Gasteiger partial charge in [-0.1, -0.05) is 48.5 Å². The standard InChI is InChI=1S/C27H21N5O2S/c1-18-23(25(33)30-20-12-14-22(15-13-20)34-21-10-6-3-7-11-21)16-28-26(29-18)32-27-31-24(17-35-27)19-8-4-2-5-9-19/h2-17H,1H3,(H,30,33)(H,28,29,31,32). The minimum absolute atomic E-state index is 0.286. The molecule has 1 amide bonds. The molecule has 0 fully saturated rings. The number of rotatable bonds is 7. The lowest BCUT2D eigenvalue weighted by atomic mass is 10.2. The molecule has 5 aromatic rings. The Morgan fingerprint density at radius 2 is 1.54 bits per heavy atom. The number of aromatic nitrogens is 3. The van der Waals surface area contributed by atoms with Gasteiger partial charge in [0, 0.05) is 22.8 Å². The van der Waals surface area contributed by atoms with Gasteiger partial charge in [0.1, 0.15) is 11.5 Å². The largest absolute Gasteiger partial charge is 0.457 e. The Kier molecular flexibility index (Phi) is 6.45. The number of benzene rings is 3. The Balaban J connectivity index is 1.22. The summed E-state index contributed by atoms with van der Waals surface area (Å²) in [5, 5.41) is 8.65. The van der Waals surface area contributed by atoms with Crippen molar-refractivity contribution in [2.45, 2.75) is 6.92 Å². The van der Waals surface area contributed by atoms with E-state index in [9.17, 15) is 4.79 Å². The van der Waals surface area contributed by atoms with Gasteiger partial charge in [-0.05, 0) is 43.3 Å². The summed E-state index contributed by atoms with van der Waals surface area (Å²) in [5.41, 5.74) is 3.52. The molecule has 5 rings (SSSR count). The molecule has 0 aliphatic rings. The van der Waals surface area contributed by atoms with Gasteiger partial charge in [-0.15, -0.1) is 11.3 Å². The molecule has 0 radical (unpaired) electrons. The number of amides is 1. The van der Waals surface area contributed by atoms with E-state index in [0.717, 1.165) is 17.0 Å². The molecule has 0 aliphatic heterocycles. The third-order valence-corrected chi connectivity index (χ3v) is 5.87. The lowest BCUT2D eigenvalue weighted by Crippen LogP contribution is -2.15. The zero-order chi connectivity index (χ0) is 24.0. The van der Waals surface area contributed by atoms with Crippen molar-refractivity contribution < 1.29 is 9.53 Å². The van der Waals surface area contributed by atoms with Crippen LogP contribution in [0.2, 0.25) is 0 Å². The van der Waals surface area contributed by atoms with Gasteiger partial charge < -0.3 is 15.4 Å². The number of thiazole rings is 1. The molecule has 0 atom stereocenters. The molecule has 172 valence electrons. The summed E-state index contributed by atoms with van der Waals surface area (Å²) in [5.74, 6) is 1.53. The Morgan fingerprint density at radius 1 is 0.857 bits per heavy atom. The van der Waals surface area contributed by atoms with Gasteiger partial charge in [-0.3, -0.25) is 4.79 Å². The minimum Gasteiger partial charge on any atom is -0.457 e. The van der Waals surface area contributed by atoms with Crippen molar-refractivity contribution in [2.24, 2.45) is 0 Å². The number of carbonyl (C=O) groups is 1. The van der Waals surface area contributed by atoms with E-state index in [4.69, 9.17) is 4.74 Å². The van der Waals surface area contributed by atoms with Crippen molar-refractivity contribution in [2.75, 3.05) is 10.6 Å². The molecule has 0 bridgehead atoms. The number of ether oxygens (including phenoxy) is 1. The summed E-state index contributed by atoms with van der Waals surface area (Å²) in [4.78, 5) is 26.1. The topological polar surface area (TPSA) is 89.0 Å². The number of nitrogens with zero attached hydrogens (tertiary/aromatic N) is 3. The van der Waals surface area contributed by atoms with Crippen LogP contribution in [0.4, 0.5) is 16.8 Å². The highest BCUT2D eigenvalue weighted by molar-refractivity contribution is 7.14. The van der Waals surface area contributed by atoms with Gasteiger partial charge in [-0.2, -0.15) is 0 Å². The van der Waals surface area contributed by atoms with E-state index in [1.54, 1.807) is 31.2 Å². The number of aryl methyl sites for hydroxylation is 1. The Bertz CT molecular complexity index is 1440. The quantitative estimate of drug-likeness (QED) is 0.270. The van der Waals surface area contributed by atoms with E-state index < -0.39 is 0 Å². The summed E-state index contributed by atoms with van der Waals surface area (Å²) in [6.45, 7) is 1.77. The predicted octanol–water partition coefficient (Wildman–Crippen LogP) is 6.70. The van der Waals surface area contributed by atoms with Gasteiger partial charge >= 0.3 is 0 Å². The monoisotopic (exact) mass is 479 g/mol. The molecular formula is C27H21N5O2S. The first-order valence-electron chi connectivity index (χ1n) is 10.9. The maximum Gasteiger partial charge on any atom is 0.259 e. The summed E-state index contributed by atoms with van der Waals surface area (Å²) in [7, 11) is 0. The molecule has 3 aromatic carbocycles.